The van der Waals surface area contributed by atoms with Gasteiger partial charge in [0.15, 0.2) is 0 Å². The van der Waals surface area contributed by atoms with Crippen molar-refractivity contribution >= 4 is 23.8 Å². The first-order chi connectivity index (χ1) is 7.65. The number of aliphatic hydroxyl groups excluding tert-OH is 1. The van der Waals surface area contributed by atoms with Gasteiger partial charge >= 0.3 is 0 Å². The van der Waals surface area contributed by atoms with Crippen LogP contribution in [0.25, 0.3) is 0 Å². The van der Waals surface area contributed by atoms with Crippen LogP contribution in [0.5, 0.6) is 0 Å². The fraction of sp³-hybridized carbons (Fsp3) is 0.500. The van der Waals surface area contributed by atoms with E-state index in [9.17, 15) is 5.11 Å². The zero-order valence-corrected chi connectivity index (χ0v) is 10.6. The highest BCUT2D eigenvalue weighted by atomic mass is 35.5. The molecule has 0 atom stereocenters. The molecule has 0 radical (unpaired) electrons. The summed E-state index contributed by atoms with van der Waals surface area (Å²) >= 11 is 0. The molecule has 0 saturated carbocycles. The molecule has 5 N–H and O–H groups in total. The number of hydrogen-bond acceptors (Lipinski definition) is 4. The number of anilines is 2. The molecule has 0 bridgehead atoms. The second-order valence-corrected chi connectivity index (χ2v) is 4.47. The van der Waals surface area contributed by atoms with Gasteiger partial charge in [0.1, 0.15) is 0 Å². The molecule has 0 aliphatic carbocycles. The molecule has 1 heterocycles. The van der Waals surface area contributed by atoms with E-state index >= 15 is 0 Å². The molecule has 0 spiro atoms. The number of hydrogen-bond donors (Lipinski definition) is 3. The molecule has 0 unspecified atom stereocenters. The molecular formula is C12H20ClN3O. The molecule has 1 aliphatic heterocycles. The molecule has 5 heteroatoms. The second kappa shape index (κ2) is 6.10. The van der Waals surface area contributed by atoms with E-state index in [1.165, 1.54) is 0 Å². The average Bonchev–Trinajstić information content (AvgIpc) is 2.27. The number of halogens is 1. The minimum atomic E-state index is -0.130. The van der Waals surface area contributed by atoms with E-state index in [0.29, 0.717) is 0 Å². The summed E-state index contributed by atoms with van der Waals surface area (Å²) in [5.74, 6) is 0. The third kappa shape index (κ3) is 3.77. The molecule has 4 nitrogen and oxygen atoms in total. The number of piperidine rings is 1. The van der Waals surface area contributed by atoms with Crippen molar-refractivity contribution in [1.29, 1.82) is 0 Å². The van der Waals surface area contributed by atoms with E-state index < -0.39 is 0 Å². The van der Waals surface area contributed by atoms with E-state index in [1.54, 1.807) is 0 Å². The standard InChI is InChI=1S/C12H19N3O.ClH/c13-10-1-2-12(14)9(7-10)8-15-5-3-11(16)4-6-15;/h1-2,7,11,16H,3-6,8,13-14H2;1H. The predicted octanol–water partition coefficient (Wildman–Crippen LogP) is 1.23. The van der Waals surface area contributed by atoms with Gasteiger partial charge in [-0.3, -0.25) is 4.90 Å². The van der Waals surface area contributed by atoms with Gasteiger partial charge < -0.3 is 16.6 Å². The minimum absolute atomic E-state index is 0. The first kappa shape index (κ1) is 14.1. The van der Waals surface area contributed by atoms with Crippen LogP contribution in [-0.2, 0) is 6.54 Å². The van der Waals surface area contributed by atoms with Crippen molar-refractivity contribution < 1.29 is 5.11 Å². The molecule has 1 saturated heterocycles. The predicted molar refractivity (Wildman–Crippen MR) is 73.0 cm³/mol. The van der Waals surface area contributed by atoms with Crippen molar-refractivity contribution in [2.24, 2.45) is 0 Å². The second-order valence-electron chi connectivity index (χ2n) is 4.47. The van der Waals surface area contributed by atoms with Crippen LogP contribution in [0.4, 0.5) is 11.4 Å². The third-order valence-corrected chi connectivity index (χ3v) is 3.12. The number of nitrogen functional groups attached to an aromatic ring is 2. The van der Waals surface area contributed by atoms with E-state index in [2.05, 4.69) is 4.90 Å². The number of rotatable bonds is 2. The van der Waals surface area contributed by atoms with E-state index in [4.69, 9.17) is 11.5 Å². The topological polar surface area (TPSA) is 75.5 Å². The largest absolute Gasteiger partial charge is 0.399 e. The maximum atomic E-state index is 9.42. The van der Waals surface area contributed by atoms with Gasteiger partial charge in [0.2, 0.25) is 0 Å². The third-order valence-electron chi connectivity index (χ3n) is 3.12. The molecule has 17 heavy (non-hydrogen) atoms. The van der Waals surface area contributed by atoms with Crippen molar-refractivity contribution in [3.05, 3.63) is 23.8 Å². The number of aliphatic hydroxyl groups is 1. The van der Waals surface area contributed by atoms with Crippen molar-refractivity contribution in [3.63, 3.8) is 0 Å². The minimum Gasteiger partial charge on any atom is -0.399 e. The fourth-order valence-corrected chi connectivity index (χ4v) is 2.08. The Kier molecular flexibility index (Phi) is 5.05. The summed E-state index contributed by atoms with van der Waals surface area (Å²) in [6, 6.07) is 5.60. The molecule has 1 fully saturated rings. The molecule has 1 aliphatic rings. The number of nitrogens with two attached hydrogens (primary N) is 2. The Morgan fingerprint density at radius 2 is 1.88 bits per heavy atom. The summed E-state index contributed by atoms with van der Waals surface area (Å²) in [6.07, 6.45) is 1.57. The molecular weight excluding hydrogens is 238 g/mol. The van der Waals surface area contributed by atoms with E-state index in [0.717, 1.165) is 49.4 Å². The lowest BCUT2D eigenvalue weighted by atomic mass is 10.1. The smallest absolute Gasteiger partial charge is 0.0564 e. The maximum absolute atomic E-state index is 9.42. The first-order valence-electron chi connectivity index (χ1n) is 5.69. The fourth-order valence-electron chi connectivity index (χ4n) is 2.08. The van der Waals surface area contributed by atoms with Crippen molar-refractivity contribution in [2.75, 3.05) is 24.6 Å². The lowest BCUT2D eigenvalue weighted by Crippen LogP contribution is -2.35. The van der Waals surface area contributed by atoms with Crippen molar-refractivity contribution in [3.8, 4) is 0 Å². The van der Waals surface area contributed by atoms with Crippen LogP contribution in [0.2, 0.25) is 0 Å². The van der Waals surface area contributed by atoms with Gasteiger partial charge in [-0.1, -0.05) is 0 Å². The normalized spacial score (nSPS) is 17.7. The van der Waals surface area contributed by atoms with Gasteiger partial charge in [0, 0.05) is 31.0 Å². The SMILES string of the molecule is Cl.Nc1ccc(N)c(CN2CCC(O)CC2)c1. The Morgan fingerprint density at radius 1 is 1.24 bits per heavy atom. The first-order valence-corrected chi connectivity index (χ1v) is 5.69. The highest BCUT2D eigenvalue weighted by Gasteiger charge is 2.17. The maximum Gasteiger partial charge on any atom is 0.0564 e. The highest BCUT2D eigenvalue weighted by Crippen LogP contribution is 2.20. The summed E-state index contributed by atoms with van der Waals surface area (Å²) in [7, 11) is 0. The van der Waals surface area contributed by atoms with Gasteiger partial charge in [-0.25, -0.2) is 0 Å². The van der Waals surface area contributed by atoms with Crippen LogP contribution in [0, 0.1) is 0 Å². The molecule has 0 aromatic heterocycles. The van der Waals surface area contributed by atoms with E-state index in [1.807, 2.05) is 18.2 Å². The van der Waals surface area contributed by atoms with Crippen LogP contribution in [-0.4, -0.2) is 29.2 Å². The monoisotopic (exact) mass is 257 g/mol. The summed E-state index contributed by atoms with van der Waals surface area (Å²) < 4.78 is 0. The van der Waals surface area contributed by atoms with Crippen LogP contribution < -0.4 is 11.5 Å². The zero-order valence-electron chi connectivity index (χ0n) is 9.80. The van der Waals surface area contributed by atoms with Crippen LogP contribution >= 0.6 is 12.4 Å². The molecule has 2 rings (SSSR count). The Labute approximate surface area is 108 Å². The van der Waals surface area contributed by atoms with Gasteiger partial charge in [0.05, 0.1) is 6.10 Å². The summed E-state index contributed by atoms with van der Waals surface area (Å²) in [6.45, 7) is 2.68. The van der Waals surface area contributed by atoms with Crippen LogP contribution in [0.3, 0.4) is 0 Å². The number of benzene rings is 1. The highest BCUT2D eigenvalue weighted by molar-refractivity contribution is 5.85. The molecule has 1 aromatic rings. The number of nitrogens with zero attached hydrogens (tertiary/aromatic N) is 1. The Bertz CT molecular complexity index is 365. The summed E-state index contributed by atoms with van der Waals surface area (Å²) in [4.78, 5) is 2.30. The Hall–Kier alpha value is -0.970. The molecule has 0 amide bonds. The quantitative estimate of drug-likeness (QED) is 0.697. The summed E-state index contributed by atoms with van der Waals surface area (Å²) in [5, 5.41) is 9.42. The molecule has 96 valence electrons. The lowest BCUT2D eigenvalue weighted by molar-refractivity contribution is 0.0793. The average molecular weight is 258 g/mol. The van der Waals surface area contributed by atoms with Gasteiger partial charge in [-0.2, -0.15) is 0 Å². The van der Waals surface area contributed by atoms with Gasteiger partial charge in [0.25, 0.3) is 0 Å². The van der Waals surface area contributed by atoms with Crippen LogP contribution in [0.15, 0.2) is 18.2 Å². The van der Waals surface area contributed by atoms with Crippen molar-refractivity contribution in [1.82, 2.24) is 4.90 Å². The van der Waals surface area contributed by atoms with Gasteiger partial charge in [-0.15, -0.1) is 12.4 Å². The lowest BCUT2D eigenvalue weighted by Gasteiger charge is -2.29. The molecule has 1 aromatic carbocycles. The Morgan fingerprint density at radius 3 is 2.53 bits per heavy atom. The zero-order chi connectivity index (χ0) is 11.5. The van der Waals surface area contributed by atoms with Crippen molar-refractivity contribution in [2.45, 2.75) is 25.5 Å². The van der Waals surface area contributed by atoms with Gasteiger partial charge in [-0.05, 0) is 36.6 Å². The Balaban J connectivity index is 0.00000144. The van der Waals surface area contributed by atoms with E-state index in [-0.39, 0.29) is 18.5 Å². The number of likely N-dealkylation sites (tertiary alicyclic amines) is 1. The summed E-state index contributed by atoms with van der Waals surface area (Å²) in [5.41, 5.74) is 14.3. The van der Waals surface area contributed by atoms with Crippen LogP contribution in [0.1, 0.15) is 18.4 Å².